The number of fused-ring (bicyclic) bond motifs is 1. The van der Waals surface area contributed by atoms with Crippen molar-refractivity contribution in [3.05, 3.63) is 60.2 Å². The number of nitrogens with zero attached hydrogens (tertiary/aromatic N) is 2. The molecule has 3 rings (SSSR count). The van der Waals surface area contributed by atoms with Crippen molar-refractivity contribution in [1.29, 1.82) is 0 Å². The first-order chi connectivity index (χ1) is 13.0. The van der Waals surface area contributed by atoms with Crippen molar-refractivity contribution in [3.63, 3.8) is 0 Å². The lowest BCUT2D eigenvalue weighted by Crippen LogP contribution is -2.57. The van der Waals surface area contributed by atoms with Crippen molar-refractivity contribution in [1.82, 2.24) is 4.90 Å². The molecule has 1 atom stereocenters. The highest BCUT2D eigenvalue weighted by Gasteiger charge is 2.50. The lowest BCUT2D eigenvalue weighted by atomic mass is 10.0. The number of para-hydroxylation sites is 1. The van der Waals surface area contributed by atoms with E-state index in [4.69, 9.17) is 0 Å². The molecule has 27 heavy (non-hydrogen) atoms. The topological polar surface area (TPSA) is 60.9 Å². The van der Waals surface area contributed by atoms with Gasteiger partial charge in [0.15, 0.2) is 4.75 Å². The average Bonchev–Trinajstić information content (AvgIpc) is 2.69. The summed E-state index contributed by atoms with van der Waals surface area (Å²) in [7, 11) is 0. The number of hydrogen-bond donors (Lipinski definition) is 1. The van der Waals surface area contributed by atoms with Crippen LogP contribution in [0.15, 0.2) is 59.5 Å². The number of amides is 2. The Balaban J connectivity index is 1.94. The highest BCUT2D eigenvalue weighted by atomic mass is 32.2. The van der Waals surface area contributed by atoms with Gasteiger partial charge in [-0.1, -0.05) is 54.2 Å². The van der Waals surface area contributed by atoms with Gasteiger partial charge in [-0.05, 0) is 31.5 Å². The Morgan fingerprint density at radius 3 is 2.48 bits per heavy atom. The molecule has 2 aromatic carbocycles. The van der Waals surface area contributed by atoms with Crippen molar-refractivity contribution >= 4 is 29.3 Å². The van der Waals surface area contributed by atoms with E-state index in [9.17, 15) is 14.7 Å². The minimum absolute atomic E-state index is 0.151. The van der Waals surface area contributed by atoms with E-state index in [1.807, 2.05) is 61.5 Å². The molecular weight excluding hydrogens is 360 g/mol. The summed E-state index contributed by atoms with van der Waals surface area (Å²) >= 11 is 1.30. The molecule has 0 spiro atoms. The molecule has 1 aliphatic heterocycles. The maximum Gasteiger partial charge on any atom is 0.252 e. The zero-order valence-electron chi connectivity index (χ0n) is 15.6. The van der Waals surface area contributed by atoms with Gasteiger partial charge in [-0.3, -0.25) is 9.59 Å². The Kier molecular flexibility index (Phi) is 5.87. The smallest absolute Gasteiger partial charge is 0.252 e. The van der Waals surface area contributed by atoms with E-state index in [-0.39, 0.29) is 25.0 Å². The molecule has 1 unspecified atom stereocenters. The summed E-state index contributed by atoms with van der Waals surface area (Å²) in [5, 5.41) is 9.47. The third-order valence-corrected chi connectivity index (χ3v) is 6.04. The molecule has 2 amide bonds. The highest BCUT2D eigenvalue weighted by molar-refractivity contribution is 8.02. The molecule has 0 aliphatic carbocycles. The Bertz CT molecular complexity index is 827. The van der Waals surface area contributed by atoms with Crippen LogP contribution in [0.1, 0.15) is 19.4 Å². The van der Waals surface area contributed by atoms with Gasteiger partial charge in [-0.15, -0.1) is 0 Å². The summed E-state index contributed by atoms with van der Waals surface area (Å²) in [6.45, 7) is 4.49. The zero-order chi connectivity index (χ0) is 19.4. The van der Waals surface area contributed by atoms with Crippen molar-refractivity contribution in [2.75, 3.05) is 24.6 Å². The predicted octanol–water partition coefficient (Wildman–Crippen LogP) is 2.93. The molecule has 1 heterocycles. The maximum absolute atomic E-state index is 13.4. The number of carbonyl (C=O) groups excluding carboxylic acids is 2. The lowest BCUT2D eigenvalue weighted by molar-refractivity contribution is -0.139. The fraction of sp³-hybridized carbons (Fsp3) is 0.333. The molecule has 0 bridgehead atoms. The van der Waals surface area contributed by atoms with E-state index < -0.39 is 4.75 Å². The minimum Gasteiger partial charge on any atom is -0.395 e. The summed E-state index contributed by atoms with van der Waals surface area (Å²) in [5.41, 5.74) is 1.81. The summed E-state index contributed by atoms with van der Waals surface area (Å²) in [5.74, 6) is -0.488. The first-order valence-electron chi connectivity index (χ1n) is 9.05. The third kappa shape index (κ3) is 3.73. The second kappa shape index (κ2) is 8.15. The van der Waals surface area contributed by atoms with Gasteiger partial charge in [0.05, 0.1) is 12.3 Å². The van der Waals surface area contributed by atoms with Gasteiger partial charge in [0, 0.05) is 24.5 Å². The minimum atomic E-state index is -1.26. The second-order valence-electron chi connectivity index (χ2n) is 6.59. The summed E-state index contributed by atoms with van der Waals surface area (Å²) in [4.78, 5) is 30.8. The molecule has 1 N–H and O–H groups in total. The van der Waals surface area contributed by atoms with Crippen LogP contribution in [0.3, 0.4) is 0 Å². The summed E-state index contributed by atoms with van der Waals surface area (Å²) in [6, 6.07) is 17.3. The third-order valence-electron chi connectivity index (χ3n) is 4.72. The number of thioether (sulfide) groups is 1. The Hall–Kier alpha value is -2.31. The monoisotopic (exact) mass is 384 g/mol. The molecule has 0 radical (unpaired) electrons. The zero-order valence-corrected chi connectivity index (χ0v) is 16.4. The molecule has 0 aromatic heterocycles. The Morgan fingerprint density at radius 2 is 1.81 bits per heavy atom. The van der Waals surface area contributed by atoms with Crippen LogP contribution in [0, 0.1) is 0 Å². The van der Waals surface area contributed by atoms with Crippen molar-refractivity contribution in [2.45, 2.75) is 30.0 Å². The van der Waals surface area contributed by atoms with Gasteiger partial charge >= 0.3 is 0 Å². The molecule has 1 aliphatic rings. The van der Waals surface area contributed by atoms with Crippen LogP contribution in [0.2, 0.25) is 0 Å². The molecule has 0 fully saturated rings. The van der Waals surface area contributed by atoms with Gasteiger partial charge in [0.1, 0.15) is 0 Å². The molecule has 142 valence electrons. The van der Waals surface area contributed by atoms with E-state index in [1.165, 1.54) is 11.8 Å². The van der Waals surface area contributed by atoms with E-state index in [2.05, 4.69) is 0 Å². The normalized spacial score (nSPS) is 18.9. The van der Waals surface area contributed by atoms with Crippen LogP contribution in [-0.4, -0.2) is 46.3 Å². The van der Waals surface area contributed by atoms with Gasteiger partial charge in [0.2, 0.25) is 5.91 Å². The number of aliphatic hydroxyl groups is 1. The first-order valence-corrected chi connectivity index (χ1v) is 9.87. The van der Waals surface area contributed by atoms with Crippen LogP contribution >= 0.6 is 11.8 Å². The first kappa shape index (κ1) is 19.5. The standard InChI is InChI=1S/C21H24N2O3S/c1-3-23-17-11-7-8-12-18(17)27-21(2,20(23)26)19(25)22(13-14-24)15-16-9-5-4-6-10-16/h4-12,24H,3,13-15H2,1-2H3. The van der Waals surface area contributed by atoms with Gasteiger partial charge in [-0.2, -0.15) is 0 Å². The maximum atomic E-state index is 13.4. The molecule has 0 saturated carbocycles. The molecule has 2 aromatic rings. The lowest BCUT2D eigenvalue weighted by Gasteiger charge is -2.40. The van der Waals surface area contributed by atoms with E-state index in [0.717, 1.165) is 16.1 Å². The number of carbonyl (C=O) groups is 2. The molecule has 0 saturated heterocycles. The number of hydrogen-bond acceptors (Lipinski definition) is 4. The van der Waals surface area contributed by atoms with Gasteiger partial charge < -0.3 is 14.9 Å². The largest absolute Gasteiger partial charge is 0.395 e. The SMILES string of the molecule is CCN1C(=O)C(C)(C(=O)N(CCO)Cc2ccccc2)Sc2ccccc21. The van der Waals surface area contributed by atoms with Crippen molar-refractivity contribution in [2.24, 2.45) is 0 Å². The highest BCUT2D eigenvalue weighted by Crippen LogP contribution is 2.46. The number of anilines is 1. The molecule has 5 nitrogen and oxygen atoms in total. The predicted molar refractivity (Wildman–Crippen MR) is 108 cm³/mol. The molecular formula is C21H24N2O3S. The fourth-order valence-corrected chi connectivity index (χ4v) is 4.61. The van der Waals surface area contributed by atoms with Crippen LogP contribution in [-0.2, 0) is 16.1 Å². The van der Waals surface area contributed by atoms with E-state index in [0.29, 0.717) is 13.1 Å². The summed E-state index contributed by atoms with van der Waals surface area (Å²) in [6.07, 6.45) is 0. The Morgan fingerprint density at radius 1 is 1.15 bits per heavy atom. The summed E-state index contributed by atoms with van der Waals surface area (Å²) < 4.78 is -1.26. The van der Waals surface area contributed by atoms with Crippen LogP contribution in [0.5, 0.6) is 0 Å². The van der Waals surface area contributed by atoms with Gasteiger partial charge in [-0.25, -0.2) is 0 Å². The van der Waals surface area contributed by atoms with Crippen molar-refractivity contribution < 1.29 is 14.7 Å². The quantitative estimate of drug-likeness (QED) is 0.778. The number of benzene rings is 2. The van der Waals surface area contributed by atoms with E-state index >= 15 is 0 Å². The number of aliphatic hydroxyl groups excluding tert-OH is 1. The van der Waals surface area contributed by atoms with Crippen molar-refractivity contribution in [3.8, 4) is 0 Å². The van der Waals surface area contributed by atoms with Gasteiger partial charge in [0.25, 0.3) is 5.91 Å². The Labute approximate surface area is 164 Å². The number of rotatable bonds is 6. The van der Waals surface area contributed by atoms with Crippen LogP contribution < -0.4 is 4.90 Å². The van der Waals surface area contributed by atoms with Crippen LogP contribution in [0.4, 0.5) is 5.69 Å². The average molecular weight is 385 g/mol. The molecule has 6 heteroatoms. The van der Waals surface area contributed by atoms with Crippen LogP contribution in [0.25, 0.3) is 0 Å². The van der Waals surface area contributed by atoms with E-state index in [1.54, 1.807) is 16.7 Å². The fourth-order valence-electron chi connectivity index (χ4n) is 3.32. The second-order valence-corrected chi connectivity index (χ2v) is 8.05.